The van der Waals surface area contributed by atoms with Gasteiger partial charge in [0.1, 0.15) is 11.5 Å². The van der Waals surface area contributed by atoms with Crippen LogP contribution in [0.5, 0.6) is 5.75 Å². The van der Waals surface area contributed by atoms with E-state index >= 15 is 0 Å². The fourth-order valence-corrected chi connectivity index (χ4v) is 3.22. The van der Waals surface area contributed by atoms with Crippen LogP contribution in [0.2, 0.25) is 0 Å². The van der Waals surface area contributed by atoms with Gasteiger partial charge in [0.2, 0.25) is 11.7 Å². The molecule has 0 bridgehead atoms. The predicted octanol–water partition coefficient (Wildman–Crippen LogP) is 4.13. The number of carbonyl (C=O) groups is 1. The molecule has 0 saturated carbocycles. The van der Waals surface area contributed by atoms with Crippen molar-refractivity contribution in [1.29, 1.82) is 0 Å². The summed E-state index contributed by atoms with van der Waals surface area (Å²) >= 11 is 0. The second kappa shape index (κ2) is 9.77. The highest BCUT2D eigenvalue weighted by Crippen LogP contribution is 2.22. The second-order valence-corrected chi connectivity index (χ2v) is 7.10. The first-order chi connectivity index (χ1) is 16.0. The minimum absolute atomic E-state index is 0.0615. The third-order valence-electron chi connectivity index (χ3n) is 4.93. The molecule has 0 unspecified atom stereocenters. The minimum atomic E-state index is -0.484. The largest absolute Gasteiger partial charge is 0.497 e. The number of carbonyl (C=O) groups excluding carboxylic acids is 1. The van der Waals surface area contributed by atoms with E-state index in [0.29, 0.717) is 41.5 Å². The van der Waals surface area contributed by atoms with Crippen LogP contribution in [0.1, 0.15) is 22.0 Å². The Morgan fingerprint density at radius 1 is 1.15 bits per heavy atom. The summed E-state index contributed by atoms with van der Waals surface area (Å²) in [6.07, 6.45) is 1.85. The average Bonchev–Trinajstić information content (AvgIpc) is 3.54. The number of nitro groups is 1. The van der Waals surface area contributed by atoms with E-state index in [1.165, 1.54) is 12.1 Å². The fraction of sp³-hybridized carbons (Fsp3) is 0.174. The first-order valence-corrected chi connectivity index (χ1v) is 10.1. The normalized spacial score (nSPS) is 10.7. The van der Waals surface area contributed by atoms with Gasteiger partial charge in [0.05, 0.1) is 24.8 Å². The highest BCUT2D eigenvalue weighted by Gasteiger charge is 2.19. The quantitative estimate of drug-likeness (QED) is 0.276. The molecule has 0 saturated heterocycles. The first-order valence-electron chi connectivity index (χ1n) is 10.1. The van der Waals surface area contributed by atoms with Crippen LogP contribution < -0.4 is 4.74 Å². The van der Waals surface area contributed by atoms with Crippen molar-refractivity contribution in [3.8, 4) is 17.1 Å². The summed E-state index contributed by atoms with van der Waals surface area (Å²) in [6.45, 7) is 0.561. The van der Waals surface area contributed by atoms with Gasteiger partial charge in [-0.2, -0.15) is 4.98 Å². The lowest BCUT2D eigenvalue weighted by Crippen LogP contribution is -2.32. The molecule has 0 aliphatic rings. The number of methoxy groups -OCH3 is 1. The number of benzene rings is 2. The van der Waals surface area contributed by atoms with E-state index < -0.39 is 4.92 Å². The molecule has 4 aromatic rings. The van der Waals surface area contributed by atoms with E-state index in [1.54, 1.807) is 66.8 Å². The van der Waals surface area contributed by atoms with Crippen molar-refractivity contribution in [3.05, 3.63) is 94.3 Å². The average molecular weight is 448 g/mol. The maximum atomic E-state index is 13.1. The molecular weight excluding hydrogens is 428 g/mol. The molecule has 0 atom stereocenters. The van der Waals surface area contributed by atoms with Crippen molar-refractivity contribution >= 4 is 11.6 Å². The predicted molar refractivity (Wildman–Crippen MR) is 117 cm³/mol. The van der Waals surface area contributed by atoms with Crippen LogP contribution in [0.15, 0.2) is 75.9 Å². The summed E-state index contributed by atoms with van der Waals surface area (Å²) in [5.74, 6) is 1.66. The molecule has 1 amide bonds. The molecule has 0 spiro atoms. The van der Waals surface area contributed by atoms with Gasteiger partial charge in [-0.3, -0.25) is 14.9 Å². The van der Waals surface area contributed by atoms with Gasteiger partial charge >= 0.3 is 0 Å². The molecule has 0 aliphatic heterocycles. The maximum absolute atomic E-state index is 13.1. The number of rotatable bonds is 9. The van der Waals surface area contributed by atoms with Crippen LogP contribution in [0.25, 0.3) is 11.4 Å². The third-order valence-corrected chi connectivity index (χ3v) is 4.93. The summed E-state index contributed by atoms with van der Waals surface area (Å²) in [6, 6.07) is 16.4. The number of aromatic nitrogens is 2. The Bertz CT molecular complexity index is 1230. The lowest BCUT2D eigenvalue weighted by atomic mass is 10.1. The van der Waals surface area contributed by atoms with Crippen molar-refractivity contribution in [1.82, 2.24) is 15.0 Å². The van der Waals surface area contributed by atoms with E-state index in [-0.39, 0.29) is 24.0 Å². The molecule has 0 fully saturated rings. The van der Waals surface area contributed by atoms with Crippen LogP contribution in [0, 0.1) is 10.1 Å². The van der Waals surface area contributed by atoms with Gasteiger partial charge in [0, 0.05) is 36.2 Å². The number of nitrogens with zero attached hydrogens (tertiary/aromatic N) is 4. The van der Waals surface area contributed by atoms with Crippen LogP contribution in [-0.2, 0) is 13.0 Å². The number of non-ortho nitro benzene ring substituents is 1. The van der Waals surface area contributed by atoms with Crippen LogP contribution in [-0.4, -0.2) is 39.5 Å². The van der Waals surface area contributed by atoms with Crippen molar-refractivity contribution in [2.75, 3.05) is 13.7 Å². The van der Waals surface area contributed by atoms with E-state index in [2.05, 4.69) is 10.1 Å². The SMILES string of the molecule is COc1ccc(C(=O)N(CCc2nc(-c3cccc([N+](=O)[O-])c3)no2)Cc2ccco2)cc1. The molecule has 168 valence electrons. The highest BCUT2D eigenvalue weighted by atomic mass is 16.6. The van der Waals surface area contributed by atoms with Crippen molar-refractivity contribution in [2.24, 2.45) is 0 Å². The number of furan rings is 1. The molecule has 2 aromatic carbocycles. The van der Waals surface area contributed by atoms with Gasteiger partial charge in [-0.05, 0) is 36.4 Å². The summed E-state index contributed by atoms with van der Waals surface area (Å²) in [5.41, 5.74) is 0.916. The van der Waals surface area contributed by atoms with E-state index in [4.69, 9.17) is 13.7 Å². The number of ether oxygens (including phenoxy) is 1. The zero-order valence-electron chi connectivity index (χ0n) is 17.7. The third kappa shape index (κ3) is 5.24. The Balaban J connectivity index is 1.49. The Hall–Kier alpha value is -4.47. The molecule has 4 rings (SSSR count). The summed E-state index contributed by atoms with van der Waals surface area (Å²) in [4.78, 5) is 29.6. The molecule has 2 heterocycles. The summed E-state index contributed by atoms with van der Waals surface area (Å²) < 4.78 is 15.9. The Morgan fingerprint density at radius 3 is 2.67 bits per heavy atom. The molecule has 0 N–H and O–H groups in total. The Labute approximate surface area is 188 Å². The zero-order chi connectivity index (χ0) is 23.2. The van der Waals surface area contributed by atoms with Crippen LogP contribution in [0.4, 0.5) is 5.69 Å². The van der Waals surface area contributed by atoms with E-state index in [0.717, 1.165) is 0 Å². The molecule has 33 heavy (non-hydrogen) atoms. The van der Waals surface area contributed by atoms with Crippen LogP contribution >= 0.6 is 0 Å². The number of amides is 1. The monoisotopic (exact) mass is 448 g/mol. The van der Waals surface area contributed by atoms with E-state index in [1.807, 2.05) is 0 Å². The smallest absolute Gasteiger partial charge is 0.270 e. The molecule has 10 heteroatoms. The van der Waals surface area contributed by atoms with Crippen molar-refractivity contribution in [3.63, 3.8) is 0 Å². The second-order valence-electron chi connectivity index (χ2n) is 7.10. The van der Waals surface area contributed by atoms with Crippen molar-refractivity contribution < 1.29 is 23.4 Å². The number of hydrogen-bond acceptors (Lipinski definition) is 8. The van der Waals surface area contributed by atoms with Gasteiger partial charge in [-0.1, -0.05) is 17.3 Å². The topological polar surface area (TPSA) is 125 Å². The first kappa shape index (κ1) is 21.8. The molecular formula is C23H20N4O6. The zero-order valence-corrected chi connectivity index (χ0v) is 17.7. The Morgan fingerprint density at radius 2 is 1.97 bits per heavy atom. The maximum Gasteiger partial charge on any atom is 0.270 e. The molecule has 0 aliphatic carbocycles. The highest BCUT2D eigenvalue weighted by molar-refractivity contribution is 5.94. The number of nitro benzene ring substituents is 1. The van der Waals surface area contributed by atoms with Gasteiger partial charge in [0.15, 0.2) is 0 Å². The van der Waals surface area contributed by atoms with Gasteiger partial charge < -0.3 is 18.6 Å². The van der Waals surface area contributed by atoms with Gasteiger partial charge in [-0.15, -0.1) is 0 Å². The molecule has 0 radical (unpaired) electrons. The van der Waals surface area contributed by atoms with Crippen LogP contribution in [0.3, 0.4) is 0 Å². The van der Waals surface area contributed by atoms with Gasteiger partial charge in [0.25, 0.3) is 11.6 Å². The van der Waals surface area contributed by atoms with Gasteiger partial charge in [-0.25, -0.2) is 0 Å². The molecule has 10 nitrogen and oxygen atoms in total. The summed E-state index contributed by atoms with van der Waals surface area (Å²) in [7, 11) is 1.56. The minimum Gasteiger partial charge on any atom is -0.497 e. The fourth-order valence-electron chi connectivity index (χ4n) is 3.22. The van der Waals surface area contributed by atoms with Crippen molar-refractivity contribution in [2.45, 2.75) is 13.0 Å². The lowest BCUT2D eigenvalue weighted by molar-refractivity contribution is -0.384. The molecule has 2 aromatic heterocycles. The van der Waals surface area contributed by atoms with E-state index in [9.17, 15) is 14.9 Å². The standard InChI is InChI=1S/C23H20N4O6/c1-31-19-9-7-16(8-10-19)23(28)26(15-20-6-3-13-32-20)12-11-21-24-22(25-33-21)17-4-2-5-18(14-17)27(29)30/h2-10,13-14H,11-12,15H2,1H3. The Kier molecular flexibility index (Phi) is 6.44. The summed E-state index contributed by atoms with van der Waals surface area (Å²) in [5, 5.41) is 14.9. The number of hydrogen-bond donors (Lipinski definition) is 0. The lowest BCUT2D eigenvalue weighted by Gasteiger charge is -2.21.